The lowest BCUT2D eigenvalue weighted by Gasteiger charge is -2.11. The Labute approximate surface area is 49.5 Å². The summed E-state index contributed by atoms with van der Waals surface area (Å²) in [5.41, 5.74) is 5.16. The monoisotopic (exact) mass is 116 g/mol. The fourth-order valence-electron chi connectivity index (χ4n) is 0.474. The van der Waals surface area contributed by atoms with Crippen LogP contribution in [0.15, 0.2) is 0 Å². The molecule has 0 unspecified atom stereocenters. The van der Waals surface area contributed by atoms with Gasteiger partial charge in [-0.2, -0.15) is 0 Å². The summed E-state index contributed by atoms with van der Waals surface area (Å²) in [6.07, 6.45) is 1.74. The number of nitrogens with zero attached hydrogens (tertiary/aromatic N) is 1. The highest BCUT2D eigenvalue weighted by molar-refractivity contribution is 5.46. The summed E-state index contributed by atoms with van der Waals surface area (Å²) in [5, 5.41) is 0. The lowest BCUT2D eigenvalue weighted by molar-refractivity contribution is -0.118. The first-order chi connectivity index (χ1) is 3.85. The maximum absolute atomic E-state index is 9.97. The van der Waals surface area contributed by atoms with E-state index in [2.05, 4.69) is 0 Å². The zero-order valence-corrected chi connectivity index (χ0v) is 5.13. The molecular formula is C5H12N2O. The van der Waals surface area contributed by atoms with Crippen molar-refractivity contribution >= 4 is 6.41 Å². The van der Waals surface area contributed by atoms with E-state index in [0.29, 0.717) is 6.67 Å². The lowest BCUT2D eigenvalue weighted by Crippen LogP contribution is -2.29. The summed E-state index contributed by atoms with van der Waals surface area (Å²) >= 11 is 0. The molecule has 0 aromatic rings. The van der Waals surface area contributed by atoms with E-state index in [1.807, 2.05) is 6.92 Å². The van der Waals surface area contributed by atoms with Crippen LogP contribution < -0.4 is 5.73 Å². The van der Waals surface area contributed by atoms with Gasteiger partial charge in [0.1, 0.15) is 0 Å². The van der Waals surface area contributed by atoms with Gasteiger partial charge in [0, 0.05) is 6.54 Å². The molecule has 3 heteroatoms. The van der Waals surface area contributed by atoms with Crippen LogP contribution in [0, 0.1) is 0 Å². The number of nitrogens with two attached hydrogens (primary N) is 1. The van der Waals surface area contributed by atoms with Crippen LogP contribution in [0.25, 0.3) is 0 Å². The van der Waals surface area contributed by atoms with Crippen LogP contribution in [-0.2, 0) is 4.79 Å². The normalized spacial score (nSPS) is 8.75. The first-order valence-corrected chi connectivity index (χ1v) is 2.74. The number of hydrogen-bond acceptors (Lipinski definition) is 2. The summed E-state index contributed by atoms with van der Waals surface area (Å²) in [4.78, 5) is 11.5. The van der Waals surface area contributed by atoms with E-state index in [4.69, 9.17) is 5.73 Å². The summed E-state index contributed by atoms with van der Waals surface area (Å²) in [5.74, 6) is 0. The van der Waals surface area contributed by atoms with Crippen LogP contribution in [0.1, 0.15) is 13.3 Å². The smallest absolute Gasteiger partial charge is 0.210 e. The Hall–Kier alpha value is -0.570. The molecule has 0 fully saturated rings. The molecule has 0 aromatic carbocycles. The fraction of sp³-hybridized carbons (Fsp3) is 0.800. The zero-order chi connectivity index (χ0) is 6.41. The summed E-state index contributed by atoms with van der Waals surface area (Å²) in [6.45, 7) is 3.10. The van der Waals surface area contributed by atoms with Crippen molar-refractivity contribution in [2.45, 2.75) is 13.3 Å². The Balaban J connectivity index is 3.21. The number of amides is 1. The van der Waals surface area contributed by atoms with Crippen molar-refractivity contribution < 1.29 is 4.79 Å². The second-order valence-electron chi connectivity index (χ2n) is 1.60. The van der Waals surface area contributed by atoms with Crippen LogP contribution in [0.2, 0.25) is 0 Å². The second-order valence-corrected chi connectivity index (χ2v) is 1.60. The minimum Gasteiger partial charge on any atom is -0.333 e. The third-order valence-electron chi connectivity index (χ3n) is 0.894. The maximum atomic E-state index is 9.97. The number of carbonyl (C=O) groups is 1. The van der Waals surface area contributed by atoms with E-state index in [0.717, 1.165) is 19.4 Å². The Morgan fingerprint density at radius 3 is 2.50 bits per heavy atom. The summed E-state index contributed by atoms with van der Waals surface area (Å²) < 4.78 is 0. The van der Waals surface area contributed by atoms with Crippen LogP contribution in [0.4, 0.5) is 0 Å². The zero-order valence-electron chi connectivity index (χ0n) is 5.13. The van der Waals surface area contributed by atoms with Gasteiger partial charge in [-0.3, -0.25) is 4.79 Å². The van der Waals surface area contributed by atoms with Gasteiger partial charge in [-0.25, -0.2) is 0 Å². The van der Waals surface area contributed by atoms with Crippen LogP contribution in [0.5, 0.6) is 0 Å². The Bertz CT molecular complexity index is 65.4. The van der Waals surface area contributed by atoms with E-state index in [9.17, 15) is 4.79 Å². The quantitative estimate of drug-likeness (QED) is 0.407. The first kappa shape index (κ1) is 7.43. The molecule has 0 saturated carbocycles. The highest BCUT2D eigenvalue weighted by Gasteiger charge is 1.91. The molecule has 0 aliphatic heterocycles. The van der Waals surface area contributed by atoms with Crippen molar-refractivity contribution in [2.75, 3.05) is 13.2 Å². The van der Waals surface area contributed by atoms with E-state index in [1.54, 1.807) is 0 Å². The minimum absolute atomic E-state index is 0.331. The van der Waals surface area contributed by atoms with E-state index < -0.39 is 0 Å². The van der Waals surface area contributed by atoms with Crippen molar-refractivity contribution in [2.24, 2.45) is 5.73 Å². The molecule has 0 rings (SSSR count). The Morgan fingerprint density at radius 2 is 2.38 bits per heavy atom. The van der Waals surface area contributed by atoms with Gasteiger partial charge in [0.15, 0.2) is 0 Å². The largest absolute Gasteiger partial charge is 0.333 e. The standard InChI is InChI=1S/C5H12N2O/c1-2-3-7(4-6)5-8/h5H,2-4,6H2,1H3. The fourth-order valence-corrected chi connectivity index (χ4v) is 0.474. The molecule has 0 atom stereocenters. The second kappa shape index (κ2) is 4.59. The van der Waals surface area contributed by atoms with Crippen LogP contribution >= 0.6 is 0 Å². The van der Waals surface area contributed by atoms with Crippen molar-refractivity contribution in [1.29, 1.82) is 0 Å². The molecule has 1 amide bonds. The minimum atomic E-state index is 0.331. The molecule has 0 saturated heterocycles. The summed E-state index contributed by atoms with van der Waals surface area (Å²) in [6, 6.07) is 0. The van der Waals surface area contributed by atoms with E-state index >= 15 is 0 Å². The Kier molecular flexibility index (Phi) is 4.26. The number of rotatable bonds is 4. The highest BCUT2D eigenvalue weighted by Crippen LogP contribution is 1.80. The average Bonchev–Trinajstić information content (AvgIpc) is 1.83. The first-order valence-electron chi connectivity index (χ1n) is 2.74. The van der Waals surface area contributed by atoms with Gasteiger partial charge in [-0.15, -0.1) is 0 Å². The molecule has 0 aliphatic rings. The molecule has 0 heterocycles. The molecule has 8 heavy (non-hydrogen) atoms. The molecule has 0 spiro atoms. The van der Waals surface area contributed by atoms with Crippen LogP contribution in [0.3, 0.4) is 0 Å². The molecule has 3 nitrogen and oxygen atoms in total. The molecule has 2 N–H and O–H groups in total. The molecule has 0 radical (unpaired) electrons. The van der Waals surface area contributed by atoms with E-state index in [1.165, 1.54) is 4.90 Å². The van der Waals surface area contributed by atoms with Gasteiger partial charge in [0.2, 0.25) is 6.41 Å². The van der Waals surface area contributed by atoms with Gasteiger partial charge < -0.3 is 10.6 Å². The highest BCUT2D eigenvalue weighted by atomic mass is 16.1. The van der Waals surface area contributed by atoms with Gasteiger partial charge in [-0.1, -0.05) is 6.92 Å². The molecule has 0 bridgehead atoms. The lowest BCUT2D eigenvalue weighted by atomic mass is 10.5. The predicted octanol–water partition coefficient (Wildman–Crippen LogP) is -0.229. The van der Waals surface area contributed by atoms with Gasteiger partial charge in [0.25, 0.3) is 0 Å². The van der Waals surface area contributed by atoms with Gasteiger partial charge in [0.05, 0.1) is 6.67 Å². The van der Waals surface area contributed by atoms with Crippen LogP contribution in [-0.4, -0.2) is 24.5 Å². The van der Waals surface area contributed by atoms with E-state index in [-0.39, 0.29) is 0 Å². The number of carbonyl (C=O) groups excluding carboxylic acids is 1. The molecular weight excluding hydrogens is 104 g/mol. The molecule has 48 valence electrons. The average molecular weight is 116 g/mol. The molecule has 0 aliphatic carbocycles. The van der Waals surface area contributed by atoms with Gasteiger partial charge >= 0.3 is 0 Å². The third-order valence-corrected chi connectivity index (χ3v) is 0.894. The van der Waals surface area contributed by atoms with Crippen molar-refractivity contribution in [3.8, 4) is 0 Å². The summed E-state index contributed by atoms with van der Waals surface area (Å²) in [7, 11) is 0. The SMILES string of the molecule is CCCN(C=O)CN. The number of hydrogen-bond donors (Lipinski definition) is 1. The predicted molar refractivity (Wildman–Crippen MR) is 32.1 cm³/mol. The van der Waals surface area contributed by atoms with Crippen molar-refractivity contribution in [1.82, 2.24) is 4.90 Å². The van der Waals surface area contributed by atoms with Gasteiger partial charge in [-0.05, 0) is 6.42 Å². The Morgan fingerprint density at radius 1 is 1.75 bits per heavy atom. The van der Waals surface area contributed by atoms with Crippen molar-refractivity contribution in [3.05, 3.63) is 0 Å². The van der Waals surface area contributed by atoms with Crippen molar-refractivity contribution in [3.63, 3.8) is 0 Å². The topological polar surface area (TPSA) is 46.3 Å². The third kappa shape index (κ3) is 2.58. The molecule has 0 aromatic heterocycles. The maximum Gasteiger partial charge on any atom is 0.210 e.